The Bertz CT molecular complexity index is 1020. The molecule has 2 aromatic rings. The van der Waals surface area contributed by atoms with Crippen LogP contribution in [0.25, 0.3) is 0 Å². The molecule has 2 aromatic carbocycles. The second kappa shape index (κ2) is 6.76. The van der Waals surface area contributed by atoms with Gasteiger partial charge in [-0.05, 0) is 42.8 Å². The van der Waals surface area contributed by atoms with E-state index < -0.39 is 29.7 Å². The first-order valence-electron chi connectivity index (χ1n) is 8.59. The molecule has 0 aliphatic carbocycles. The first kappa shape index (κ1) is 18.2. The predicted octanol–water partition coefficient (Wildman–Crippen LogP) is 2.56. The molecule has 2 aliphatic heterocycles. The molecule has 0 radical (unpaired) electrons. The van der Waals surface area contributed by atoms with Gasteiger partial charge in [-0.25, -0.2) is 9.69 Å². The summed E-state index contributed by atoms with van der Waals surface area (Å²) in [6, 6.07) is 12.8. The number of anilines is 2. The molecular formula is C20H16ClN3O4. The SMILES string of the molecule is COC(=O)C1=NN(c2ccccc2C)[C@@H]2C(=O)N(c3ccc(Cl)cc3)C(=O)[C@H]12. The fourth-order valence-electron chi connectivity index (χ4n) is 3.55. The van der Waals surface area contributed by atoms with Gasteiger partial charge in [-0.1, -0.05) is 29.8 Å². The van der Waals surface area contributed by atoms with Crippen LogP contribution in [0.2, 0.25) is 5.02 Å². The van der Waals surface area contributed by atoms with Crippen LogP contribution >= 0.6 is 11.6 Å². The van der Waals surface area contributed by atoms with Gasteiger partial charge in [-0.15, -0.1) is 0 Å². The molecule has 0 bridgehead atoms. The molecule has 2 heterocycles. The number of hydrogen-bond donors (Lipinski definition) is 0. The number of aryl methyl sites for hydroxylation is 1. The lowest BCUT2D eigenvalue weighted by Crippen LogP contribution is -2.39. The molecule has 142 valence electrons. The number of fused-ring (bicyclic) bond motifs is 1. The van der Waals surface area contributed by atoms with E-state index in [2.05, 4.69) is 5.10 Å². The first-order valence-corrected chi connectivity index (χ1v) is 8.97. The highest BCUT2D eigenvalue weighted by Gasteiger charge is 2.59. The van der Waals surface area contributed by atoms with Gasteiger partial charge in [0.1, 0.15) is 12.0 Å². The lowest BCUT2D eigenvalue weighted by molar-refractivity contribution is -0.133. The minimum atomic E-state index is -1.03. The number of nitrogens with zero attached hydrogens (tertiary/aromatic N) is 3. The van der Waals surface area contributed by atoms with Gasteiger partial charge in [-0.2, -0.15) is 5.10 Å². The second-order valence-electron chi connectivity index (χ2n) is 6.52. The van der Waals surface area contributed by atoms with Crippen molar-refractivity contribution in [3.05, 3.63) is 59.1 Å². The number of para-hydroxylation sites is 1. The number of hydrogen-bond acceptors (Lipinski definition) is 6. The summed E-state index contributed by atoms with van der Waals surface area (Å²) in [5, 5.41) is 6.24. The molecule has 0 spiro atoms. The monoisotopic (exact) mass is 397 g/mol. The highest BCUT2D eigenvalue weighted by Crippen LogP contribution is 2.39. The number of hydrazone groups is 1. The van der Waals surface area contributed by atoms with Crippen LogP contribution in [0.4, 0.5) is 11.4 Å². The summed E-state index contributed by atoms with van der Waals surface area (Å²) >= 11 is 5.91. The molecule has 8 heteroatoms. The molecule has 0 aromatic heterocycles. The number of carbonyl (C=O) groups excluding carboxylic acids is 3. The van der Waals surface area contributed by atoms with E-state index in [1.807, 2.05) is 19.1 Å². The van der Waals surface area contributed by atoms with E-state index in [0.717, 1.165) is 10.5 Å². The third-order valence-corrected chi connectivity index (χ3v) is 5.14. The number of ether oxygens (including phenoxy) is 1. The molecule has 1 fully saturated rings. The number of benzene rings is 2. The molecular weight excluding hydrogens is 382 g/mol. The Balaban J connectivity index is 1.82. The summed E-state index contributed by atoms with van der Waals surface area (Å²) < 4.78 is 4.80. The number of imide groups is 1. The number of methoxy groups -OCH3 is 1. The molecule has 2 aliphatic rings. The number of esters is 1. The summed E-state index contributed by atoms with van der Waals surface area (Å²) in [6.07, 6.45) is 0. The van der Waals surface area contributed by atoms with E-state index in [-0.39, 0.29) is 5.71 Å². The van der Waals surface area contributed by atoms with Crippen molar-refractivity contribution in [1.29, 1.82) is 0 Å². The molecule has 2 atom stereocenters. The van der Waals surface area contributed by atoms with Crippen molar-refractivity contribution in [2.45, 2.75) is 13.0 Å². The third-order valence-electron chi connectivity index (χ3n) is 4.89. The Morgan fingerprint density at radius 1 is 1.07 bits per heavy atom. The van der Waals surface area contributed by atoms with E-state index in [1.165, 1.54) is 12.1 Å². The molecule has 28 heavy (non-hydrogen) atoms. The number of rotatable bonds is 3. The van der Waals surface area contributed by atoms with Gasteiger partial charge >= 0.3 is 5.97 Å². The lowest BCUT2D eigenvalue weighted by Gasteiger charge is -2.23. The molecule has 2 amide bonds. The number of carbonyl (C=O) groups is 3. The van der Waals surface area contributed by atoms with Crippen LogP contribution in [0, 0.1) is 12.8 Å². The van der Waals surface area contributed by atoms with Crippen LogP contribution in [0.3, 0.4) is 0 Å². The van der Waals surface area contributed by atoms with Gasteiger partial charge in [0.15, 0.2) is 5.71 Å². The van der Waals surface area contributed by atoms with Crippen molar-refractivity contribution in [3.8, 4) is 0 Å². The quantitative estimate of drug-likeness (QED) is 0.587. The maximum Gasteiger partial charge on any atom is 0.355 e. The van der Waals surface area contributed by atoms with Crippen LogP contribution in [-0.2, 0) is 19.1 Å². The highest BCUT2D eigenvalue weighted by molar-refractivity contribution is 6.47. The average molecular weight is 398 g/mol. The number of halogens is 1. The minimum absolute atomic E-state index is 0.0782. The minimum Gasteiger partial charge on any atom is -0.464 e. The van der Waals surface area contributed by atoms with Gasteiger partial charge in [0.2, 0.25) is 5.91 Å². The second-order valence-corrected chi connectivity index (χ2v) is 6.96. The van der Waals surface area contributed by atoms with Crippen molar-refractivity contribution in [3.63, 3.8) is 0 Å². The zero-order valence-corrected chi connectivity index (χ0v) is 15.9. The van der Waals surface area contributed by atoms with Crippen molar-refractivity contribution < 1.29 is 19.1 Å². The van der Waals surface area contributed by atoms with Crippen LogP contribution < -0.4 is 9.91 Å². The topological polar surface area (TPSA) is 79.3 Å². The Morgan fingerprint density at radius 3 is 2.39 bits per heavy atom. The Labute approximate surface area is 166 Å². The van der Waals surface area contributed by atoms with E-state index in [0.29, 0.717) is 16.4 Å². The van der Waals surface area contributed by atoms with Crippen LogP contribution in [0.15, 0.2) is 53.6 Å². The van der Waals surface area contributed by atoms with Crippen LogP contribution in [0.5, 0.6) is 0 Å². The zero-order chi connectivity index (χ0) is 20.0. The standard InChI is InChI=1S/C20H16ClN3O4/c1-11-5-3-4-6-14(11)24-17-15(16(22-24)20(27)28-2)18(25)23(19(17)26)13-9-7-12(21)8-10-13/h3-10,15,17H,1-2H3/t15-,17+/m1/s1. The molecule has 4 rings (SSSR count). The fourth-order valence-corrected chi connectivity index (χ4v) is 3.68. The van der Waals surface area contributed by atoms with Crippen LogP contribution in [0.1, 0.15) is 5.56 Å². The number of amides is 2. The maximum absolute atomic E-state index is 13.2. The largest absolute Gasteiger partial charge is 0.464 e. The molecule has 7 nitrogen and oxygen atoms in total. The smallest absolute Gasteiger partial charge is 0.355 e. The molecule has 0 N–H and O–H groups in total. The maximum atomic E-state index is 13.2. The van der Waals surface area contributed by atoms with E-state index in [9.17, 15) is 14.4 Å². The lowest BCUT2D eigenvalue weighted by atomic mass is 9.97. The van der Waals surface area contributed by atoms with Crippen molar-refractivity contribution in [2.24, 2.45) is 11.0 Å². The Hall–Kier alpha value is -3.19. The predicted molar refractivity (Wildman–Crippen MR) is 104 cm³/mol. The van der Waals surface area contributed by atoms with E-state index in [4.69, 9.17) is 16.3 Å². The molecule has 0 unspecified atom stereocenters. The normalized spacial score (nSPS) is 21.0. The molecule has 1 saturated heterocycles. The third kappa shape index (κ3) is 2.66. The summed E-state index contributed by atoms with van der Waals surface area (Å²) in [4.78, 5) is 39.7. The van der Waals surface area contributed by atoms with Crippen molar-refractivity contribution in [1.82, 2.24) is 0 Å². The Morgan fingerprint density at radius 2 is 1.75 bits per heavy atom. The van der Waals surface area contributed by atoms with Crippen molar-refractivity contribution in [2.75, 3.05) is 17.0 Å². The van der Waals surface area contributed by atoms with Crippen LogP contribution in [-0.4, -0.2) is 36.6 Å². The van der Waals surface area contributed by atoms with Gasteiger partial charge in [0.05, 0.1) is 18.5 Å². The fraction of sp³-hybridized carbons (Fsp3) is 0.200. The first-order chi connectivity index (χ1) is 13.4. The van der Waals surface area contributed by atoms with E-state index >= 15 is 0 Å². The summed E-state index contributed by atoms with van der Waals surface area (Å²) in [7, 11) is 1.22. The summed E-state index contributed by atoms with van der Waals surface area (Å²) in [6.45, 7) is 1.87. The summed E-state index contributed by atoms with van der Waals surface area (Å²) in [5.74, 6) is -2.73. The summed E-state index contributed by atoms with van der Waals surface area (Å²) in [5.41, 5.74) is 1.82. The van der Waals surface area contributed by atoms with Gasteiger partial charge in [-0.3, -0.25) is 14.6 Å². The van der Waals surface area contributed by atoms with Gasteiger partial charge < -0.3 is 4.74 Å². The average Bonchev–Trinajstić information content (AvgIpc) is 3.20. The molecule has 0 saturated carbocycles. The Kier molecular flexibility index (Phi) is 4.39. The zero-order valence-electron chi connectivity index (χ0n) is 15.1. The van der Waals surface area contributed by atoms with E-state index in [1.54, 1.807) is 36.4 Å². The van der Waals surface area contributed by atoms with Gasteiger partial charge in [0.25, 0.3) is 5.91 Å². The van der Waals surface area contributed by atoms with Gasteiger partial charge in [0, 0.05) is 5.02 Å². The highest BCUT2D eigenvalue weighted by atomic mass is 35.5. The van der Waals surface area contributed by atoms with Crippen molar-refractivity contribution >= 4 is 46.5 Å².